The molecule has 3 nitrogen and oxygen atoms in total. The van der Waals surface area contributed by atoms with Gasteiger partial charge in [0.05, 0.1) is 12.1 Å². The van der Waals surface area contributed by atoms with Crippen molar-refractivity contribution in [3.05, 3.63) is 58.0 Å². The van der Waals surface area contributed by atoms with Gasteiger partial charge >= 0.3 is 6.18 Å². The summed E-state index contributed by atoms with van der Waals surface area (Å²) in [5.74, 6) is 4.48. The molecule has 0 atom stereocenters. The predicted molar refractivity (Wildman–Crippen MR) is 77.1 cm³/mol. The van der Waals surface area contributed by atoms with Gasteiger partial charge < -0.3 is 9.73 Å². The zero-order valence-electron chi connectivity index (χ0n) is 11.0. The SMILES string of the molecule is O=C(NCC#Cc1ccccc1C(F)(F)F)c1ccc(Br)o1. The zero-order valence-corrected chi connectivity index (χ0v) is 12.6. The Balaban J connectivity index is 2.02. The van der Waals surface area contributed by atoms with Crippen molar-refractivity contribution in [2.24, 2.45) is 0 Å². The van der Waals surface area contributed by atoms with Gasteiger partial charge in [0.1, 0.15) is 0 Å². The van der Waals surface area contributed by atoms with E-state index in [4.69, 9.17) is 4.42 Å². The summed E-state index contributed by atoms with van der Waals surface area (Å²) in [6.07, 6.45) is -4.46. The monoisotopic (exact) mass is 371 g/mol. The van der Waals surface area contributed by atoms with E-state index in [0.717, 1.165) is 6.07 Å². The fourth-order valence-electron chi connectivity index (χ4n) is 1.63. The van der Waals surface area contributed by atoms with E-state index in [-0.39, 0.29) is 17.9 Å². The van der Waals surface area contributed by atoms with E-state index < -0.39 is 17.6 Å². The van der Waals surface area contributed by atoms with Gasteiger partial charge in [-0.15, -0.1) is 0 Å². The quantitative estimate of drug-likeness (QED) is 0.814. The van der Waals surface area contributed by atoms with Crippen LogP contribution in [-0.2, 0) is 6.18 Å². The predicted octanol–water partition coefficient (Wildman–Crippen LogP) is 3.84. The molecule has 7 heteroatoms. The molecule has 0 aliphatic carbocycles. The third-order valence-corrected chi connectivity index (χ3v) is 3.02. The smallest absolute Gasteiger partial charge is 0.417 e. The van der Waals surface area contributed by atoms with E-state index in [1.54, 1.807) is 6.07 Å². The molecular formula is C15H9BrF3NO2. The highest BCUT2D eigenvalue weighted by Gasteiger charge is 2.32. The molecule has 2 aromatic rings. The van der Waals surface area contributed by atoms with Crippen molar-refractivity contribution < 1.29 is 22.4 Å². The Kier molecular flexibility index (Phi) is 4.93. The summed E-state index contributed by atoms with van der Waals surface area (Å²) in [5, 5.41) is 2.43. The molecule has 0 fully saturated rings. The lowest BCUT2D eigenvalue weighted by Crippen LogP contribution is -2.23. The van der Waals surface area contributed by atoms with Crippen LogP contribution in [0.3, 0.4) is 0 Å². The van der Waals surface area contributed by atoms with Crippen LogP contribution in [0.2, 0.25) is 0 Å². The van der Waals surface area contributed by atoms with Gasteiger partial charge in [-0.05, 0) is 40.2 Å². The second-order valence-corrected chi connectivity index (χ2v) is 4.91. The molecular weight excluding hydrogens is 363 g/mol. The van der Waals surface area contributed by atoms with Crippen LogP contribution in [0.5, 0.6) is 0 Å². The molecule has 0 saturated carbocycles. The summed E-state index contributed by atoms with van der Waals surface area (Å²) in [6.45, 7) is -0.0939. The Morgan fingerprint density at radius 2 is 1.95 bits per heavy atom. The van der Waals surface area contributed by atoms with Gasteiger partial charge in [-0.25, -0.2) is 0 Å². The standard InChI is InChI=1S/C15H9BrF3NO2/c16-13-8-7-12(22-13)14(21)20-9-3-5-10-4-1-2-6-11(10)15(17,18)19/h1-2,4,6-8H,9H2,(H,20,21). The largest absolute Gasteiger partial charge is 0.444 e. The van der Waals surface area contributed by atoms with Crippen LogP contribution in [0.4, 0.5) is 13.2 Å². The molecule has 0 unspecified atom stereocenters. The highest BCUT2D eigenvalue weighted by molar-refractivity contribution is 9.10. The first kappa shape index (κ1) is 16.2. The first-order valence-electron chi connectivity index (χ1n) is 6.06. The topological polar surface area (TPSA) is 42.2 Å². The van der Waals surface area contributed by atoms with E-state index in [9.17, 15) is 18.0 Å². The van der Waals surface area contributed by atoms with Gasteiger partial charge in [0.25, 0.3) is 5.91 Å². The normalized spacial score (nSPS) is 10.7. The molecule has 0 saturated heterocycles. The fraction of sp³-hybridized carbons (Fsp3) is 0.133. The number of halogens is 4. The van der Waals surface area contributed by atoms with Crippen LogP contribution in [0.25, 0.3) is 0 Å². The van der Waals surface area contributed by atoms with E-state index in [0.29, 0.717) is 4.67 Å². The summed E-state index contributed by atoms with van der Waals surface area (Å²) in [4.78, 5) is 11.6. The number of nitrogens with one attached hydrogen (secondary N) is 1. The Morgan fingerprint density at radius 3 is 2.59 bits per heavy atom. The maximum atomic E-state index is 12.8. The molecule has 114 valence electrons. The van der Waals surface area contributed by atoms with Gasteiger partial charge in [-0.3, -0.25) is 4.79 Å². The maximum absolute atomic E-state index is 12.8. The number of hydrogen-bond donors (Lipinski definition) is 1. The van der Waals surface area contributed by atoms with Crippen LogP contribution in [0.15, 0.2) is 45.5 Å². The van der Waals surface area contributed by atoms with Crippen molar-refractivity contribution >= 4 is 21.8 Å². The average Bonchev–Trinajstić information content (AvgIpc) is 2.89. The van der Waals surface area contributed by atoms with Crippen molar-refractivity contribution in [2.45, 2.75) is 6.18 Å². The summed E-state index contributed by atoms with van der Waals surface area (Å²) in [6, 6.07) is 8.03. The molecule has 0 radical (unpaired) electrons. The van der Waals surface area contributed by atoms with Crippen molar-refractivity contribution in [2.75, 3.05) is 6.54 Å². The Morgan fingerprint density at radius 1 is 1.23 bits per heavy atom. The Hall–Kier alpha value is -2.20. The number of furan rings is 1. The summed E-state index contributed by atoms with van der Waals surface area (Å²) in [7, 11) is 0. The lowest BCUT2D eigenvalue weighted by atomic mass is 10.1. The minimum Gasteiger partial charge on any atom is -0.444 e. The van der Waals surface area contributed by atoms with Crippen molar-refractivity contribution in [3.8, 4) is 11.8 Å². The van der Waals surface area contributed by atoms with E-state index in [1.807, 2.05) is 0 Å². The molecule has 1 aromatic carbocycles. The van der Waals surface area contributed by atoms with Crippen molar-refractivity contribution in [1.29, 1.82) is 0 Å². The van der Waals surface area contributed by atoms with E-state index in [1.165, 1.54) is 24.3 Å². The second kappa shape index (κ2) is 6.71. The minimum absolute atomic E-state index is 0.0874. The lowest BCUT2D eigenvalue weighted by molar-refractivity contribution is -0.137. The molecule has 1 amide bonds. The first-order chi connectivity index (χ1) is 10.4. The van der Waals surface area contributed by atoms with E-state index in [2.05, 4.69) is 33.1 Å². The van der Waals surface area contributed by atoms with Crippen LogP contribution in [0, 0.1) is 11.8 Å². The Bertz CT molecular complexity index is 741. The third kappa shape index (κ3) is 4.15. The van der Waals surface area contributed by atoms with Gasteiger partial charge in [0.15, 0.2) is 10.4 Å². The summed E-state index contributed by atoms with van der Waals surface area (Å²) in [5.41, 5.74) is -0.936. The second-order valence-electron chi connectivity index (χ2n) is 4.13. The molecule has 0 spiro atoms. The molecule has 1 heterocycles. The molecule has 0 aliphatic heterocycles. The van der Waals surface area contributed by atoms with Gasteiger partial charge in [0, 0.05) is 5.56 Å². The minimum atomic E-state index is -4.46. The van der Waals surface area contributed by atoms with Gasteiger partial charge in [-0.2, -0.15) is 13.2 Å². The van der Waals surface area contributed by atoms with Crippen LogP contribution in [-0.4, -0.2) is 12.5 Å². The number of rotatable bonds is 2. The zero-order chi connectivity index (χ0) is 16.2. The molecule has 0 aliphatic rings. The highest BCUT2D eigenvalue weighted by atomic mass is 79.9. The fourth-order valence-corrected chi connectivity index (χ4v) is 1.93. The first-order valence-corrected chi connectivity index (χ1v) is 6.86. The van der Waals surface area contributed by atoms with E-state index >= 15 is 0 Å². The molecule has 1 N–H and O–H groups in total. The van der Waals surface area contributed by atoms with Crippen LogP contribution in [0.1, 0.15) is 21.7 Å². The summed E-state index contributed by atoms with van der Waals surface area (Å²) < 4.78 is 43.7. The highest BCUT2D eigenvalue weighted by Crippen LogP contribution is 2.31. The van der Waals surface area contributed by atoms with Crippen LogP contribution < -0.4 is 5.32 Å². The molecule has 22 heavy (non-hydrogen) atoms. The number of carbonyl (C=O) groups is 1. The van der Waals surface area contributed by atoms with Gasteiger partial charge in [-0.1, -0.05) is 24.0 Å². The average molecular weight is 372 g/mol. The van der Waals surface area contributed by atoms with Crippen molar-refractivity contribution in [1.82, 2.24) is 5.32 Å². The Labute approximate surface area is 132 Å². The molecule has 2 rings (SSSR count). The van der Waals surface area contributed by atoms with Crippen molar-refractivity contribution in [3.63, 3.8) is 0 Å². The number of hydrogen-bond acceptors (Lipinski definition) is 2. The lowest BCUT2D eigenvalue weighted by Gasteiger charge is -2.08. The number of amides is 1. The van der Waals surface area contributed by atoms with Gasteiger partial charge in [0.2, 0.25) is 0 Å². The van der Waals surface area contributed by atoms with Crippen LogP contribution >= 0.6 is 15.9 Å². The maximum Gasteiger partial charge on any atom is 0.417 e. The molecule has 1 aromatic heterocycles. The molecule has 0 bridgehead atoms. The number of benzene rings is 1. The third-order valence-electron chi connectivity index (χ3n) is 2.59. The number of carbonyl (C=O) groups excluding carboxylic acids is 1. The summed E-state index contributed by atoms with van der Waals surface area (Å²) >= 11 is 3.06. The number of alkyl halides is 3.